The highest BCUT2D eigenvalue weighted by molar-refractivity contribution is 9.10. The van der Waals surface area contributed by atoms with Gasteiger partial charge in [0.05, 0.1) is 0 Å². The van der Waals surface area contributed by atoms with E-state index in [0.29, 0.717) is 11.6 Å². The van der Waals surface area contributed by atoms with E-state index in [1.54, 1.807) is 0 Å². The molecule has 6 heteroatoms. The van der Waals surface area contributed by atoms with Crippen molar-refractivity contribution in [2.75, 3.05) is 31.1 Å². The predicted octanol–water partition coefficient (Wildman–Crippen LogP) is 2.46. The Kier molecular flexibility index (Phi) is 5.47. The van der Waals surface area contributed by atoms with Gasteiger partial charge in [0.1, 0.15) is 0 Å². The van der Waals surface area contributed by atoms with Gasteiger partial charge in [-0.1, -0.05) is 19.0 Å². The minimum atomic E-state index is 0.121. The Hall–Kier alpha value is -1.27. The molecule has 1 fully saturated rings. The monoisotopic (exact) mass is 354 g/mol. The van der Waals surface area contributed by atoms with E-state index in [4.69, 9.17) is 10.9 Å². The molecule has 1 saturated heterocycles. The maximum atomic E-state index is 8.77. The molecule has 3 N–H and O–H groups in total. The summed E-state index contributed by atoms with van der Waals surface area (Å²) in [6.07, 6.45) is 1.20. The van der Waals surface area contributed by atoms with Crippen molar-refractivity contribution in [3.8, 4) is 0 Å². The van der Waals surface area contributed by atoms with E-state index in [1.165, 1.54) is 12.1 Å². The molecule has 5 nitrogen and oxygen atoms in total. The zero-order valence-electron chi connectivity index (χ0n) is 12.6. The highest BCUT2D eigenvalue weighted by atomic mass is 79.9. The zero-order valence-corrected chi connectivity index (χ0v) is 14.2. The number of rotatable bonds is 5. The van der Waals surface area contributed by atoms with Crippen LogP contribution in [0, 0.1) is 0 Å². The van der Waals surface area contributed by atoms with Crippen molar-refractivity contribution in [1.82, 2.24) is 4.90 Å². The van der Waals surface area contributed by atoms with Crippen molar-refractivity contribution in [3.05, 3.63) is 28.2 Å². The summed E-state index contributed by atoms with van der Waals surface area (Å²) in [5.74, 6) is 0.121. The molecule has 0 bridgehead atoms. The van der Waals surface area contributed by atoms with E-state index in [-0.39, 0.29) is 5.84 Å². The summed E-state index contributed by atoms with van der Waals surface area (Å²) in [4.78, 5) is 4.91. The van der Waals surface area contributed by atoms with E-state index >= 15 is 0 Å². The lowest BCUT2D eigenvalue weighted by Crippen LogP contribution is -2.37. The average molecular weight is 355 g/mol. The highest BCUT2D eigenvalue weighted by Gasteiger charge is 2.26. The van der Waals surface area contributed by atoms with E-state index in [1.807, 2.05) is 18.2 Å². The van der Waals surface area contributed by atoms with Crippen LogP contribution in [0.4, 0.5) is 5.69 Å². The second-order valence-corrected chi connectivity index (χ2v) is 6.11. The molecule has 116 valence electrons. The number of anilines is 1. The lowest BCUT2D eigenvalue weighted by atomic mass is 10.2. The first-order valence-electron chi connectivity index (χ1n) is 7.37. The number of oxime groups is 1. The normalized spacial score (nSPS) is 19.5. The molecule has 2 rings (SSSR count). The standard InChI is InChI=1S/C15H23BrN4O/c1-3-19(4-2)12-7-8-20(10-12)11-5-6-13(14(16)9-11)15(17)18-21/h5-6,9,12,21H,3-4,7-8,10H2,1-2H3,(H2,17,18). The third kappa shape index (κ3) is 3.49. The molecule has 1 unspecified atom stereocenters. The van der Waals surface area contributed by atoms with Crippen LogP contribution >= 0.6 is 15.9 Å². The van der Waals surface area contributed by atoms with Gasteiger partial charge in [-0.2, -0.15) is 0 Å². The average Bonchev–Trinajstić information content (AvgIpc) is 2.97. The molecule has 1 heterocycles. The lowest BCUT2D eigenvalue weighted by molar-refractivity contribution is 0.232. The van der Waals surface area contributed by atoms with Crippen LogP contribution in [0.2, 0.25) is 0 Å². The van der Waals surface area contributed by atoms with E-state index in [0.717, 1.165) is 30.7 Å². The topological polar surface area (TPSA) is 65.1 Å². The molecule has 1 aromatic rings. The number of likely N-dealkylation sites (N-methyl/N-ethyl adjacent to an activating group) is 1. The van der Waals surface area contributed by atoms with Crippen LogP contribution in [0.1, 0.15) is 25.8 Å². The molecule has 0 aromatic heterocycles. The van der Waals surface area contributed by atoms with Crippen molar-refractivity contribution in [1.29, 1.82) is 0 Å². The fourth-order valence-electron chi connectivity index (χ4n) is 2.98. The second kappa shape index (κ2) is 7.13. The van der Waals surface area contributed by atoms with Crippen LogP contribution in [0.3, 0.4) is 0 Å². The van der Waals surface area contributed by atoms with Crippen LogP contribution in [0.15, 0.2) is 27.8 Å². The smallest absolute Gasteiger partial charge is 0.171 e. The maximum absolute atomic E-state index is 8.77. The summed E-state index contributed by atoms with van der Waals surface area (Å²) < 4.78 is 0.849. The van der Waals surface area contributed by atoms with Gasteiger partial charge >= 0.3 is 0 Å². The highest BCUT2D eigenvalue weighted by Crippen LogP contribution is 2.28. The van der Waals surface area contributed by atoms with E-state index in [9.17, 15) is 0 Å². The zero-order chi connectivity index (χ0) is 15.4. The Bertz CT molecular complexity index is 516. The van der Waals surface area contributed by atoms with E-state index in [2.05, 4.69) is 44.7 Å². The Labute approximate surface area is 134 Å². The minimum Gasteiger partial charge on any atom is -0.409 e. The van der Waals surface area contributed by atoms with Gasteiger partial charge in [-0.3, -0.25) is 4.90 Å². The molecule has 1 atom stereocenters. The molecule has 0 radical (unpaired) electrons. The SMILES string of the molecule is CCN(CC)C1CCN(c2ccc(/C(N)=N/O)c(Br)c2)C1. The Morgan fingerprint density at radius 3 is 2.76 bits per heavy atom. The van der Waals surface area contributed by atoms with Crippen LogP contribution in [-0.2, 0) is 0 Å². The summed E-state index contributed by atoms with van der Waals surface area (Å²) in [6, 6.07) is 6.59. The first-order valence-corrected chi connectivity index (χ1v) is 8.16. The van der Waals surface area contributed by atoms with Crippen LogP contribution < -0.4 is 10.6 Å². The number of nitrogens with zero attached hydrogens (tertiary/aromatic N) is 3. The van der Waals surface area contributed by atoms with Crippen LogP contribution in [0.25, 0.3) is 0 Å². The first kappa shape index (κ1) is 16.1. The predicted molar refractivity (Wildman–Crippen MR) is 90.2 cm³/mol. The number of amidine groups is 1. The minimum absolute atomic E-state index is 0.121. The molecule has 1 aliphatic rings. The fraction of sp³-hybridized carbons (Fsp3) is 0.533. The number of benzene rings is 1. The van der Waals surface area contributed by atoms with Gasteiger partial charge in [-0.15, -0.1) is 0 Å². The molecule has 0 spiro atoms. The van der Waals surface area contributed by atoms with Gasteiger partial charge < -0.3 is 15.8 Å². The lowest BCUT2D eigenvalue weighted by Gasteiger charge is -2.26. The summed E-state index contributed by atoms with van der Waals surface area (Å²) >= 11 is 3.50. The number of hydrogen-bond acceptors (Lipinski definition) is 4. The Morgan fingerprint density at radius 2 is 2.19 bits per heavy atom. The van der Waals surface area contributed by atoms with E-state index < -0.39 is 0 Å². The summed E-state index contributed by atoms with van der Waals surface area (Å²) in [7, 11) is 0. The van der Waals surface area contributed by atoms with Crippen molar-refractivity contribution in [2.24, 2.45) is 10.9 Å². The van der Waals surface area contributed by atoms with Crippen molar-refractivity contribution in [3.63, 3.8) is 0 Å². The van der Waals surface area contributed by atoms with Crippen LogP contribution in [0.5, 0.6) is 0 Å². The molecule has 0 aliphatic carbocycles. The van der Waals surface area contributed by atoms with Gasteiger partial charge in [-0.25, -0.2) is 0 Å². The largest absolute Gasteiger partial charge is 0.409 e. The molecule has 21 heavy (non-hydrogen) atoms. The van der Waals surface area contributed by atoms with Gasteiger partial charge in [0.25, 0.3) is 0 Å². The maximum Gasteiger partial charge on any atom is 0.171 e. The van der Waals surface area contributed by atoms with Crippen LogP contribution in [-0.4, -0.2) is 48.2 Å². The van der Waals surface area contributed by atoms with Crippen molar-refractivity contribution < 1.29 is 5.21 Å². The molecule has 1 aliphatic heterocycles. The fourth-order valence-corrected chi connectivity index (χ4v) is 3.55. The molecule has 1 aromatic carbocycles. The van der Waals surface area contributed by atoms with Gasteiger partial charge in [0, 0.05) is 34.9 Å². The van der Waals surface area contributed by atoms with Gasteiger partial charge in [0.2, 0.25) is 0 Å². The third-order valence-electron chi connectivity index (χ3n) is 4.19. The van der Waals surface area contributed by atoms with Crippen molar-refractivity contribution >= 4 is 27.5 Å². The summed E-state index contributed by atoms with van der Waals surface area (Å²) in [5.41, 5.74) is 7.53. The molecular weight excluding hydrogens is 332 g/mol. The van der Waals surface area contributed by atoms with Crippen molar-refractivity contribution in [2.45, 2.75) is 26.3 Å². The first-order chi connectivity index (χ1) is 10.1. The second-order valence-electron chi connectivity index (χ2n) is 5.26. The Morgan fingerprint density at radius 1 is 1.48 bits per heavy atom. The Balaban J connectivity index is 2.12. The number of hydrogen-bond donors (Lipinski definition) is 2. The number of nitrogens with two attached hydrogens (primary N) is 1. The van der Waals surface area contributed by atoms with Gasteiger partial charge in [0.15, 0.2) is 5.84 Å². The molecular formula is C15H23BrN4O. The van der Waals surface area contributed by atoms with Gasteiger partial charge in [-0.05, 0) is 53.6 Å². The molecule has 0 amide bonds. The third-order valence-corrected chi connectivity index (χ3v) is 4.85. The summed E-state index contributed by atoms with van der Waals surface area (Å²) in [5, 5.41) is 11.8. The number of halogens is 1. The quantitative estimate of drug-likeness (QED) is 0.369. The molecule has 0 saturated carbocycles. The summed E-state index contributed by atoms with van der Waals surface area (Å²) in [6.45, 7) is 8.75.